The van der Waals surface area contributed by atoms with Gasteiger partial charge in [0.2, 0.25) is 5.78 Å². The average Bonchev–Trinajstić information content (AvgIpc) is 2.81. The third-order valence-electron chi connectivity index (χ3n) is 2.52. The number of hydrogen-bond donors (Lipinski definition) is 2. The van der Waals surface area contributed by atoms with Crippen molar-refractivity contribution in [1.82, 2.24) is 15.6 Å². The van der Waals surface area contributed by atoms with E-state index in [2.05, 4.69) is 15.6 Å². The lowest BCUT2D eigenvalue weighted by molar-refractivity contribution is 0.0985. The van der Waals surface area contributed by atoms with Gasteiger partial charge in [-0.15, -0.1) is 11.3 Å². The minimum absolute atomic E-state index is 0.0931. The zero-order valence-corrected chi connectivity index (χ0v) is 9.35. The van der Waals surface area contributed by atoms with E-state index in [9.17, 15) is 4.79 Å². The van der Waals surface area contributed by atoms with Gasteiger partial charge in [0.15, 0.2) is 5.01 Å². The molecule has 15 heavy (non-hydrogen) atoms. The van der Waals surface area contributed by atoms with Crippen LogP contribution in [0.3, 0.4) is 0 Å². The Hall–Kier alpha value is -0.780. The van der Waals surface area contributed by atoms with Crippen LogP contribution in [0, 0.1) is 0 Å². The number of Topliss-reactive ketones (excluding diaryl/α,β-unsaturated/α-hetero) is 1. The number of ketones is 1. The highest BCUT2D eigenvalue weighted by molar-refractivity contribution is 7.11. The van der Waals surface area contributed by atoms with Gasteiger partial charge in [-0.3, -0.25) is 4.79 Å². The van der Waals surface area contributed by atoms with Crippen molar-refractivity contribution in [2.75, 3.05) is 19.6 Å². The molecule has 1 aromatic heterocycles. The van der Waals surface area contributed by atoms with Crippen molar-refractivity contribution in [3.63, 3.8) is 0 Å². The van der Waals surface area contributed by atoms with Crippen LogP contribution in [0.15, 0.2) is 11.6 Å². The molecular weight excluding hydrogens is 210 g/mol. The standard InChI is InChI=1S/C10H15N3OS/c14-9(10-12-4-5-15-10)7-13-8-2-1-3-11-6-8/h4-5,8,11,13H,1-3,6-7H2/t8-/m0/s1. The smallest absolute Gasteiger partial charge is 0.205 e. The lowest BCUT2D eigenvalue weighted by Crippen LogP contribution is -2.44. The van der Waals surface area contributed by atoms with Gasteiger partial charge in [0.05, 0.1) is 6.54 Å². The minimum atomic E-state index is 0.0931. The van der Waals surface area contributed by atoms with Crippen molar-refractivity contribution in [3.8, 4) is 0 Å². The fourth-order valence-corrected chi connectivity index (χ4v) is 2.28. The Morgan fingerprint density at radius 1 is 1.73 bits per heavy atom. The number of carbonyl (C=O) groups is 1. The van der Waals surface area contributed by atoms with E-state index >= 15 is 0 Å². The molecule has 5 heteroatoms. The molecule has 1 aliphatic heterocycles. The second kappa shape index (κ2) is 5.34. The van der Waals surface area contributed by atoms with Gasteiger partial charge in [-0.25, -0.2) is 4.98 Å². The molecule has 0 radical (unpaired) electrons. The first-order valence-electron chi connectivity index (χ1n) is 5.23. The Balaban J connectivity index is 1.75. The lowest BCUT2D eigenvalue weighted by Gasteiger charge is -2.23. The van der Waals surface area contributed by atoms with Crippen LogP contribution in [-0.2, 0) is 0 Å². The number of rotatable bonds is 4. The number of thiazole rings is 1. The number of nitrogens with one attached hydrogen (secondary N) is 2. The lowest BCUT2D eigenvalue weighted by atomic mass is 10.1. The third-order valence-corrected chi connectivity index (χ3v) is 3.33. The van der Waals surface area contributed by atoms with E-state index in [1.54, 1.807) is 6.20 Å². The molecule has 0 aliphatic carbocycles. The van der Waals surface area contributed by atoms with Gasteiger partial charge in [-0.2, -0.15) is 0 Å². The fraction of sp³-hybridized carbons (Fsp3) is 0.600. The van der Waals surface area contributed by atoms with Crippen LogP contribution in [0.1, 0.15) is 22.6 Å². The molecule has 0 saturated carbocycles. The first kappa shape index (κ1) is 10.7. The second-order valence-electron chi connectivity index (χ2n) is 3.68. The van der Waals surface area contributed by atoms with Crippen molar-refractivity contribution in [2.24, 2.45) is 0 Å². The highest BCUT2D eigenvalue weighted by Gasteiger charge is 2.14. The van der Waals surface area contributed by atoms with E-state index < -0.39 is 0 Å². The van der Waals surface area contributed by atoms with Gasteiger partial charge >= 0.3 is 0 Å². The van der Waals surface area contributed by atoms with Gasteiger partial charge in [-0.1, -0.05) is 0 Å². The summed E-state index contributed by atoms with van der Waals surface area (Å²) in [4.78, 5) is 15.6. The van der Waals surface area contributed by atoms with Crippen LogP contribution in [0.4, 0.5) is 0 Å². The summed E-state index contributed by atoms with van der Waals surface area (Å²) in [6.07, 6.45) is 4.00. The number of piperidine rings is 1. The minimum Gasteiger partial charge on any atom is -0.315 e. The van der Waals surface area contributed by atoms with E-state index in [-0.39, 0.29) is 5.78 Å². The predicted molar refractivity (Wildman–Crippen MR) is 60.3 cm³/mol. The summed E-state index contributed by atoms with van der Waals surface area (Å²) in [5.41, 5.74) is 0. The molecular formula is C10H15N3OS. The van der Waals surface area contributed by atoms with Crippen molar-refractivity contribution in [2.45, 2.75) is 18.9 Å². The summed E-state index contributed by atoms with van der Waals surface area (Å²) in [7, 11) is 0. The molecule has 1 aliphatic rings. The van der Waals surface area contributed by atoms with E-state index in [0.29, 0.717) is 17.6 Å². The maximum absolute atomic E-state index is 11.6. The van der Waals surface area contributed by atoms with Crippen molar-refractivity contribution in [1.29, 1.82) is 0 Å². The van der Waals surface area contributed by atoms with E-state index in [1.807, 2.05) is 5.38 Å². The quantitative estimate of drug-likeness (QED) is 0.739. The number of hydrogen-bond acceptors (Lipinski definition) is 5. The summed E-state index contributed by atoms with van der Waals surface area (Å²) < 4.78 is 0. The highest BCUT2D eigenvalue weighted by atomic mass is 32.1. The molecule has 1 atom stereocenters. The Bertz CT molecular complexity index is 306. The van der Waals surface area contributed by atoms with Crippen molar-refractivity contribution >= 4 is 17.1 Å². The normalized spacial score (nSPS) is 21.5. The van der Waals surface area contributed by atoms with Gasteiger partial charge in [0.1, 0.15) is 0 Å². The average molecular weight is 225 g/mol. The fourth-order valence-electron chi connectivity index (χ4n) is 1.70. The summed E-state index contributed by atoms with van der Waals surface area (Å²) >= 11 is 1.40. The monoisotopic (exact) mass is 225 g/mol. The van der Waals surface area contributed by atoms with Crippen LogP contribution < -0.4 is 10.6 Å². The molecule has 0 unspecified atom stereocenters. The molecule has 2 heterocycles. The van der Waals surface area contributed by atoms with Crippen LogP contribution >= 0.6 is 11.3 Å². The van der Waals surface area contributed by atoms with Gasteiger partial charge in [-0.05, 0) is 19.4 Å². The first-order chi connectivity index (χ1) is 7.36. The molecule has 1 fully saturated rings. The molecule has 0 spiro atoms. The van der Waals surface area contributed by atoms with E-state index in [0.717, 1.165) is 19.5 Å². The Labute approximate surface area is 93.1 Å². The number of aromatic nitrogens is 1. The predicted octanol–water partition coefficient (Wildman–Crippen LogP) is 0.667. The summed E-state index contributed by atoms with van der Waals surface area (Å²) in [6, 6.07) is 0.433. The van der Waals surface area contributed by atoms with Crippen LogP contribution in [0.2, 0.25) is 0 Å². The highest BCUT2D eigenvalue weighted by Crippen LogP contribution is 2.05. The largest absolute Gasteiger partial charge is 0.315 e. The zero-order valence-electron chi connectivity index (χ0n) is 8.53. The molecule has 0 bridgehead atoms. The van der Waals surface area contributed by atoms with Crippen molar-refractivity contribution < 1.29 is 4.79 Å². The molecule has 0 aromatic carbocycles. The SMILES string of the molecule is O=C(CN[C@H]1CCCNC1)c1nccs1. The number of carbonyl (C=O) groups excluding carboxylic acids is 1. The topological polar surface area (TPSA) is 54.0 Å². The van der Waals surface area contributed by atoms with E-state index in [1.165, 1.54) is 17.8 Å². The Morgan fingerprint density at radius 3 is 3.33 bits per heavy atom. The van der Waals surface area contributed by atoms with Crippen molar-refractivity contribution in [3.05, 3.63) is 16.6 Å². The maximum atomic E-state index is 11.6. The molecule has 2 N–H and O–H groups in total. The molecule has 2 rings (SSSR count). The Kier molecular flexibility index (Phi) is 3.82. The van der Waals surface area contributed by atoms with Crippen LogP contribution in [0.5, 0.6) is 0 Å². The summed E-state index contributed by atoms with van der Waals surface area (Å²) in [5, 5.41) is 9.00. The molecule has 82 valence electrons. The number of nitrogens with zero attached hydrogens (tertiary/aromatic N) is 1. The second-order valence-corrected chi connectivity index (χ2v) is 4.58. The first-order valence-corrected chi connectivity index (χ1v) is 6.11. The molecule has 0 amide bonds. The van der Waals surface area contributed by atoms with Gasteiger partial charge in [0, 0.05) is 24.2 Å². The molecule has 1 saturated heterocycles. The summed E-state index contributed by atoms with van der Waals surface area (Å²) in [6.45, 7) is 2.46. The third kappa shape index (κ3) is 3.09. The molecule has 4 nitrogen and oxygen atoms in total. The zero-order chi connectivity index (χ0) is 10.5. The summed E-state index contributed by atoms with van der Waals surface area (Å²) in [5.74, 6) is 0.0931. The van der Waals surface area contributed by atoms with E-state index in [4.69, 9.17) is 0 Å². The Morgan fingerprint density at radius 2 is 2.67 bits per heavy atom. The van der Waals surface area contributed by atoms with Gasteiger partial charge in [0.25, 0.3) is 0 Å². The van der Waals surface area contributed by atoms with Gasteiger partial charge < -0.3 is 10.6 Å². The van der Waals surface area contributed by atoms with Crippen LogP contribution in [0.25, 0.3) is 0 Å². The van der Waals surface area contributed by atoms with Crippen LogP contribution in [-0.4, -0.2) is 36.4 Å². The molecule has 1 aromatic rings. The maximum Gasteiger partial charge on any atom is 0.205 e.